The van der Waals surface area contributed by atoms with Gasteiger partial charge in [-0.3, -0.25) is 9.59 Å². The lowest BCUT2D eigenvalue weighted by molar-refractivity contribution is -0.137. The molecule has 1 heterocycles. The van der Waals surface area contributed by atoms with Gasteiger partial charge >= 0.3 is 6.18 Å². The Balaban J connectivity index is 2.05. The van der Waals surface area contributed by atoms with Gasteiger partial charge in [-0.25, -0.2) is 0 Å². The predicted molar refractivity (Wildman–Crippen MR) is 77.7 cm³/mol. The molecule has 1 aliphatic rings. The lowest BCUT2D eigenvalue weighted by atomic mass is 10.2. The normalized spacial score (nSPS) is 18.3. The Hall–Kier alpha value is -1.74. The predicted octanol–water partition coefficient (Wildman–Crippen LogP) is 2.64. The molecule has 1 atom stereocenters. The number of amidine groups is 1. The van der Waals surface area contributed by atoms with Crippen LogP contribution in [0.25, 0.3) is 0 Å². The highest BCUT2D eigenvalue weighted by Crippen LogP contribution is 2.36. The summed E-state index contributed by atoms with van der Waals surface area (Å²) in [6, 6.07) is 3.01. The van der Waals surface area contributed by atoms with Crippen molar-refractivity contribution < 1.29 is 22.8 Å². The smallest absolute Gasteiger partial charge is 0.378 e. The maximum absolute atomic E-state index is 12.7. The summed E-state index contributed by atoms with van der Waals surface area (Å²) >= 11 is 6.42. The third-order valence-corrected chi connectivity index (χ3v) is 4.00. The second-order valence-electron chi connectivity index (χ2n) is 4.34. The van der Waals surface area contributed by atoms with Crippen LogP contribution >= 0.6 is 23.4 Å². The SMILES string of the molecule is NC1=NC(=O)[C@H](CC(=O)Nc2ccc(Cl)c(C(F)(F)F)c2)S1. The number of nitrogens with zero attached hydrogens (tertiary/aromatic N) is 1. The number of hydrogen-bond donors (Lipinski definition) is 2. The van der Waals surface area contributed by atoms with Gasteiger partial charge in [0, 0.05) is 12.1 Å². The van der Waals surface area contributed by atoms with E-state index in [9.17, 15) is 22.8 Å². The molecule has 118 valence electrons. The molecular formula is C12H9ClF3N3O2S. The molecule has 0 spiro atoms. The molecule has 2 rings (SSSR count). The van der Waals surface area contributed by atoms with Gasteiger partial charge in [0.1, 0.15) is 5.25 Å². The molecule has 1 aromatic carbocycles. The summed E-state index contributed by atoms with van der Waals surface area (Å²) in [7, 11) is 0. The van der Waals surface area contributed by atoms with E-state index in [1.54, 1.807) is 0 Å². The minimum Gasteiger partial charge on any atom is -0.378 e. The van der Waals surface area contributed by atoms with Crippen LogP contribution in [0.5, 0.6) is 0 Å². The van der Waals surface area contributed by atoms with E-state index in [4.69, 9.17) is 17.3 Å². The molecule has 1 aromatic rings. The Morgan fingerprint density at radius 3 is 2.68 bits per heavy atom. The number of aliphatic imine (C=N–C) groups is 1. The number of alkyl halides is 3. The zero-order valence-electron chi connectivity index (χ0n) is 10.8. The fourth-order valence-electron chi connectivity index (χ4n) is 1.73. The summed E-state index contributed by atoms with van der Waals surface area (Å²) in [5, 5.41) is 1.13. The second-order valence-corrected chi connectivity index (χ2v) is 5.97. The molecule has 10 heteroatoms. The number of nitrogens with one attached hydrogen (secondary N) is 1. The lowest BCUT2D eigenvalue weighted by Gasteiger charge is -2.12. The third kappa shape index (κ3) is 3.92. The van der Waals surface area contributed by atoms with Crippen molar-refractivity contribution in [3.05, 3.63) is 28.8 Å². The lowest BCUT2D eigenvalue weighted by Crippen LogP contribution is -2.22. The van der Waals surface area contributed by atoms with E-state index >= 15 is 0 Å². The number of hydrogen-bond acceptors (Lipinski definition) is 4. The molecule has 0 fully saturated rings. The Labute approximate surface area is 132 Å². The van der Waals surface area contributed by atoms with Crippen LogP contribution in [0.3, 0.4) is 0 Å². The monoisotopic (exact) mass is 351 g/mol. The average molecular weight is 352 g/mol. The van der Waals surface area contributed by atoms with Gasteiger partial charge in [-0.1, -0.05) is 23.4 Å². The van der Waals surface area contributed by atoms with Gasteiger partial charge in [-0.15, -0.1) is 0 Å². The van der Waals surface area contributed by atoms with E-state index in [-0.39, 0.29) is 17.3 Å². The number of benzene rings is 1. The minimum atomic E-state index is -4.63. The molecule has 0 bridgehead atoms. The minimum absolute atomic E-state index is 0.0636. The molecule has 2 amide bonds. The Kier molecular flexibility index (Phi) is 4.66. The summed E-state index contributed by atoms with van der Waals surface area (Å²) in [5.41, 5.74) is 4.24. The van der Waals surface area contributed by atoms with E-state index in [1.165, 1.54) is 6.07 Å². The Morgan fingerprint density at radius 1 is 1.45 bits per heavy atom. The van der Waals surface area contributed by atoms with Crippen molar-refractivity contribution in [3.63, 3.8) is 0 Å². The standard InChI is InChI=1S/C12H9ClF3N3O2S/c13-7-2-1-5(3-6(7)12(14,15)16)18-9(20)4-8-10(21)19-11(17)22-8/h1-3,8H,4H2,(H,18,20)(H2,17,19,21)/t8-/m0/s1. The fraction of sp³-hybridized carbons (Fsp3) is 0.250. The maximum atomic E-state index is 12.7. The van der Waals surface area contributed by atoms with Crippen LogP contribution in [0, 0.1) is 0 Å². The topological polar surface area (TPSA) is 84.5 Å². The van der Waals surface area contributed by atoms with E-state index in [1.807, 2.05) is 0 Å². The first-order valence-electron chi connectivity index (χ1n) is 5.88. The fourth-order valence-corrected chi connectivity index (χ4v) is 2.78. The van der Waals surface area contributed by atoms with E-state index < -0.39 is 33.8 Å². The first-order valence-corrected chi connectivity index (χ1v) is 7.14. The van der Waals surface area contributed by atoms with Crippen molar-refractivity contribution in [1.82, 2.24) is 0 Å². The molecule has 3 N–H and O–H groups in total. The number of thioether (sulfide) groups is 1. The van der Waals surface area contributed by atoms with Crippen LogP contribution in [0.2, 0.25) is 5.02 Å². The van der Waals surface area contributed by atoms with Crippen LogP contribution in [0.4, 0.5) is 18.9 Å². The third-order valence-electron chi connectivity index (χ3n) is 2.69. The molecule has 0 unspecified atom stereocenters. The Bertz CT molecular complexity index is 664. The first-order chi connectivity index (χ1) is 10.2. The number of amides is 2. The molecule has 0 saturated heterocycles. The van der Waals surface area contributed by atoms with Crippen LogP contribution in [0.15, 0.2) is 23.2 Å². The van der Waals surface area contributed by atoms with Crippen molar-refractivity contribution in [2.45, 2.75) is 17.8 Å². The van der Waals surface area contributed by atoms with E-state index in [0.29, 0.717) is 0 Å². The highest BCUT2D eigenvalue weighted by atomic mass is 35.5. The van der Waals surface area contributed by atoms with Gasteiger partial charge in [-0.2, -0.15) is 18.2 Å². The summed E-state index contributed by atoms with van der Waals surface area (Å²) in [6.45, 7) is 0. The summed E-state index contributed by atoms with van der Waals surface area (Å²) in [5.74, 6) is -1.16. The molecule has 1 aliphatic heterocycles. The molecule has 0 aromatic heterocycles. The van der Waals surface area contributed by atoms with E-state index in [2.05, 4.69) is 10.3 Å². The van der Waals surface area contributed by atoms with Gasteiger partial charge in [0.15, 0.2) is 5.17 Å². The molecule has 22 heavy (non-hydrogen) atoms. The highest BCUT2D eigenvalue weighted by Gasteiger charge is 2.34. The van der Waals surface area contributed by atoms with Crippen molar-refractivity contribution >= 4 is 46.0 Å². The Morgan fingerprint density at radius 2 is 2.14 bits per heavy atom. The summed E-state index contributed by atoms with van der Waals surface area (Å²) in [6.07, 6.45) is -4.87. The molecule has 0 radical (unpaired) electrons. The first kappa shape index (κ1) is 16.6. The van der Waals surface area contributed by atoms with Gasteiger partial charge < -0.3 is 11.1 Å². The van der Waals surface area contributed by atoms with Crippen LogP contribution in [-0.4, -0.2) is 22.2 Å². The van der Waals surface area contributed by atoms with Crippen molar-refractivity contribution in [2.24, 2.45) is 10.7 Å². The number of nitrogens with two attached hydrogens (primary N) is 1. The summed E-state index contributed by atoms with van der Waals surface area (Å²) in [4.78, 5) is 26.6. The van der Waals surface area contributed by atoms with Crippen LogP contribution in [0.1, 0.15) is 12.0 Å². The maximum Gasteiger partial charge on any atom is 0.417 e. The number of anilines is 1. The van der Waals surface area contributed by atoms with Gasteiger partial charge in [-0.05, 0) is 18.2 Å². The largest absolute Gasteiger partial charge is 0.417 e. The number of carbonyl (C=O) groups excluding carboxylic acids is 2. The quantitative estimate of drug-likeness (QED) is 0.876. The molecular weight excluding hydrogens is 343 g/mol. The second kappa shape index (κ2) is 6.17. The number of carbonyl (C=O) groups is 2. The van der Waals surface area contributed by atoms with E-state index in [0.717, 1.165) is 23.9 Å². The summed E-state index contributed by atoms with van der Waals surface area (Å²) < 4.78 is 38.1. The van der Waals surface area contributed by atoms with Gasteiger partial charge in [0.25, 0.3) is 5.91 Å². The van der Waals surface area contributed by atoms with Gasteiger partial charge in [0.05, 0.1) is 10.6 Å². The molecule has 0 saturated carbocycles. The van der Waals surface area contributed by atoms with Gasteiger partial charge in [0.2, 0.25) is 5.91 Å². The van der Waals surface area contributed by atoms with Crippen molar-refractivity contribution in [2.75, 3.05) is 5.32 Å². The zero-order chi connectivity index (χ0) is 16.5. The highest BCUT2D eigenvalue weighted by molar-refractivity contribution is 8.15. The zero-order valence-corrected chi connectivity index (χ0v) is 12.4. The molecule has 0 aliphatic carbocycles. The number of halogens is 4. The van der Waals surface area contributed by atoms with Crippen LogP contribution < -0.4 is 11.1 Å². The van der Waals surface area contributed by atoms with Crippen molar-refractivity contribution in [1.29, 1.82) is 0 Å². The van der Waals surface area contributed by atoms with Crippen LogP contribution in [-0.2, 0) is 15.8 Å². The van der Waals surface area contributed by atoms with Crippen molar-refractivity contribution in [3.8, 4) is 0 Å². The average Bonchev–Trinajstić information content (AvgIpc) is 2.68. The number of rotatable bonds is 3. The molecule has 5 nitrogen and oxygen atoms in total.